The summed E-state index contributed by atoms with van der Waals surface area (Å²) in [4.78, 5) is 4.01. The molecule has 0 atom stereocenters. The number of halogens is 1. The van der Waals surface area contributed by atoms with Crippen molar-refractivity contribution in [3.63, 3.8) is 0 Å². The summed E-state index contributed by atoms with van der Waals surface area (Å²) in [6.07, 6.45) is 2.66. The normalized spacial score (nSPS) is 15.1. The van der Waals surface area contributed by atoms with Crippen molar-refractivity contribution in [3.05, 3.63) is 50.6 Å². The number of rotatable bonds is 5. The van der Waals surface area contributed by atoms with Crippen LogP contribution >= 0.6 is 27.3 Å². The van der Waals surface area contributed by atoms with Crippen molar-refractivity contribution in [2.24, 2.45) is 0 Å². The van der Waals surface area contributed by atoms with E-state index in [0.29, 0.717) is 0 Å². The molecule has 1 fully saturated rings. The third-order valence-electron chi connectivity index (χ3n) is 3.45. The second-order valence-corrected chi connectivity index (χ2v) is 6.95. The first-order valence-corrected chi connectivity index (χ1v) is 8.20. The van der Waals surface area contributed by atoms with Crippen LogP contribution in [0, 0.1) is 0 Å². The van der Waals surface area contributed by atoms with Crippen LogP contribution in [0.1, 0.15) is 23.3 Å². The maximum atomic E-state index is 5.80. The van der Waals surface area contributed by atoms with Gasteiger partial charge in [0.25, 0.3) is 0 Å². The Hall–Kier alpha value is -0.840. The van der Waals surface area contributed by atoms with Crippen LogP contribution in [0.15, 0.2) is 40.2 Å². The predicted molar refractivity (Wildman–Crippen MR) is 85.1 cm³/mol. The van der Waals surface area contributed by atoms with E-state index in [1.807, 2.05) is 23.5 Å². The van der Waals surface area contributed by atoms with E-state index in [1.165, 1.54) is 23.3 Å². The molecule has 1 aromatic heterocycles. The molecule has 1 heterocycles. The quantitative estimate of drug-likeness (QED) is 0.826. The Balaban J connectivity index is 1.74. The number of nitrogen functional groups attached to an aromatic ring is 1. The molecule has 1 aromatic carbocycles. The van der Waals surface area contributed by atoms with Crippen LogP contribution in [0.2, 0.25) is 0 Å². The fourth-order valence-electron chi connectivity index (χ4n) is 2.27. The van der Waals surface area contributed by atoms with Gasteiger partial charge in [0, 0.05) is 34.2 Å². The number of hydrogen-bond donors (Lipinski definition) is 1. The molecule has 0 aliphatic heterocycles. The van der Waals surface area contributed by atoms with E-state index >= 15 is 0 Å². The Labute approximate surface area is 126 Å². The van der Waals surface area contributed by atoms with Crippen LogP contribution < -0.4 is 5.73 Å². The Morgan fingerprint density at radius 1 is 1.26 bits per heavy atom. The molecular formula is C15H17BrN2S. The number of hydrogen-bond acceptors (Lipinski definition) is 3. The van der Waals surface area contributed by atoms with E-state index in [2.05, 4.69) is 44.4 Å². The molecule has 0 unspecified atom stereocenters. The zero-order chi connectivity index (χ0) is 13.2. The smallest absolute Gasteiger partial charge is 0.0334 e. The topological polar surface area (TPSA) is 29.3 Å². The van der Waals surface area contributed by atoms with Gasteiger partial charge in [-0.05, 0) is 42.0 Å². The third kappa shape index (κ3) is 3.38. The summed E-state index contributed by atoms with van der Waals surface area (Å²) in [7, 11) is 0. The first-order chi connectivity index (χ1) is 9.22. The number of anilines is 1. The molecule has 0 radical (unpaired) electrons. The standard InChI is InChI=1S/C15H17BrN2S/c16-15-8-12(17)4-3-11(15)9-18(13-5-6-13)10-14-2-1-7-19-14/h1-4,7-8,13H,5-6,9-10,17H2. The van der Waals surface area contributed by atoms with Gasteiger partial charge in [-0.1, -0.05) is 28.1 Å². The van der Waals surface area contributed by atoms with E-state index in [-0.39, 0.29) is 0 Å². The Kier molecular flexibility index (Phi) is 3.91. The zero-order valence-corrected chi connectivity index (χ0v) is 13.1. The molecular weight excluding hydrogens is 320 g/mol. The molecule has 2 N–H and O–H groups in total. The molecule has 3 rings (SSSR count). The van der Waals surface area contributed by atoms with Gasteiger partial charge in [-0.15, -0.1) is 11.3 Å². The van der Waals surface area contributed by atoms with Gasteiger partial charge in [0.05, 0.1) is 0 Å². The van der Waals surface area contributed by atoms with Gasteiger partial charge in [0.1, 0.15) is 0 Å². The lowest BCUT2D eigenvalue weighted by molar-refractivity contribution is 0.247. The third-order valence-corrected chi connectivity index (χ3v) is 5.05. The summed E-state index contributed by atoms with van der Waals surface area (Å²) in [5.41, 5.74) is 7.93. The number of thiophene rings is 1. The van der Waals surface area contributed by atoms with Gasteiger partial charge in [0.15, 0.2) is 0 Å². The Morgan fingerprint density at radius 3 is 2.74 bits per heavy atom. The minimum Gasteiger partial charge on any atom is -0.399 e. The molecule has 19 heavy (non-hydrogen) atoms. The molecule has 1 saturated carbocycles. The fraction of sp³-hybridized carbons (Fsp3) is 0.333. The first-order valence-electron chi connectivity index (χ1n) is 6.53. The maximum absolute atomic E-state index is 5.80. The van der Waals surface area contributed by atoms with Crippen molar-refractivity contribution in [2.75, 3.05) is 5.73 Å². The van der Waals surface area contributed by atoms with Crippen LogP contribution in [0.5, 0.6) is 0 Å². The highest BCUT2D eigenvalue weighted by molar-refractivity contribution is 9.10. The van der Waals surface area contributed by atoms with Crippen LogP contribution in [-0.4, -0.2) is 10.9 Å². The van der Waals surface area contributed by atoms with Crippen molar-refractivity contribution in [2.45, 2.75) is 32.0 Å². The highest BCUT2D eigenvalue weighted by Gasteiger charge is 2.29. The molecule has 0 amide bonds. The maximum Gasteiger partial charge on any atom is 0.0334 e. The molecule has 0 spiro atoms. The molecule has 1 aliphatic carbocycles. The average molecular weight is 337 g/mol. The first kappa shape index (κ1) is 13.2. The average Bonchev–Trinajstić information content (AvgIpc) is 3.10. The van der Waals surface area contributed by atoms with Gasteiger partial charge < -0.3 is 5.73 Å². The molecule has 4 heteroatoms. The van der Waals surface area contributed by atoms with Crippen LogP contribution in [0.4, 0.5) is 5.69 Å². The lowest BCUT2D eigenvalue weighted by atomic mass is 10.2. The van der Waals surface area contributed by atoms with E-state index < -0.39 is 0 Å². The van der Waals surface area contributed by atoms with Crippen molar-refractivity contribution in [1.82, 2.24) is 4.90 Å². The summed E-state index contributed by atoms with van der Waals surface area (Å²) >= 11 is 5.46. The minimum atomic E-state index is 0.756. The molecule has 2 aromatic rings. The van der Waals surface area contributed by atoms with E-state index in [0.717, 1.165) is 29.3 Å². The van der Waals surface area contributed by atoms with Crippen molar-refractivity contribution >= 4 is 33.0 Å². The van der Waals surface area contributed by atoms with E-state index in [4.69, 9.17) is 5.73 Å². The van der Waals surface area contributed by atoms with Crippen LogP contribution in [0.25, 0.3) is 0 Å². The van der Waals surface area contributed by atoms with Gasteiger partial charge in [0.2, 0.25) is 0 Å². The highest BCUT2D eigenvalue weighted by Crippen LogP contribution is 2.32. The molecule has 0 bridgehead atoms. The lowest BCUT2D eigenvalue weighted by Crippen LogP contribution is -2.24. The van der Waals surface area contributed by atoms with E-state index in [1.54, 1.807) is 0 Å². The Bertz CT molecular complexity index is 549. The monoisotopic (exact) mass is 336 g/mol. The lowest BCUT2D eigenvalue weighted by Gasteiger charge is -2.22. The molecule has 2 nitrogen and oxygen atoms in total. The summed E-state index contributed by atoms with van der Waals surface area (Å²) in [5, 5.41) is 2.15. The number of nitrogens with zero attached hydrogens (tertiary/aromatic N) is 1. The van der Waals surface area contributed by atoms with Gasteiger partial charge in [-0.2, -0.15) is 0 Å². The van der Waals surface area contributed by atoms with Gasteiger partial charge >= 0.3 is 0 Å². The number of benzene rings is 1. The SMILES string of the molecule is Nc1ccc(CN(Cc2cccs2)C2CC2)c(Br)c1. The second-order valence-electron chi connectivity index (χ2n) is 5.07. The summed E-state index contributed by atoms with van der Waals surface area (Å²) in [6.45, 7) is 2.04. The van der Waals surface area contributed by atoms with Crippen LogP contribution in [-0.2, 0) is 13.1 Å². The molecule has 1 aliphatic rings. The Morgan fingerprint density at radius 2 is 2.11 bits per heavy atom. The fourth-order valence-corrected chi connectivity index (χ4v) is 3.52. The minimum absolute atomic E-state index is 0.756. The highest BCUT2D eigenvalue weighted by atomic mass is 79.9. The van der Waals surface area contributed by atoms with Crippen molar-refractivity contribution < 1.29 is 0 Å². The van der Waals surface area contributed by atoms with Crippen molar-refractivity contribution in [1.29, 1.82) is 0 Å². The molecule has 100 valence electrons. The predicted octanol–water partition coefficient (Wildman–Crippen LogP) is 4.26. The summed E-state index contributed by atoms with van der Waals surface area (Å²) < 4.78 is 1.12. The van der Waals surface area contributed by atoms with Crippen LogP contribution in [0.3, 0.4) is 0 Å². The number of nitrogens with two attached hydrogens (primary N) is 1. The molecule has 0 saturated heterocycles. The van der Waals surface area contributed by atoms with Gasteiger partial charge in [-0.3, -0.25) is 4.90 Å². The summed E-state index contributed by atoms with van der Waals surface area (Å²) in [6, 6.07) is 11.2. The largest absolute Gasteiger partial charge is 0.399 e. The zero-order valence-electron chi connectivity index (χ0n) is 10.7. The van der Waals surface area contributed by atoms with Gasteiger partial charge in [-0.25, -0.2) is 0 Å². The van der Waals surface area contributed by atoms with E-state index in [9.17, 15) is 0 Å². The second kappa shape index (κ2) is 5.65. The van der Waals surface area contributed by atoms with Crippen molar-refractivity contribution in [3.8, 4) is 0 Å². The summed E-state index contributed by atoms with van der Waals surface area (Å²) in [5.74, 6) is 0.